The molecule has 1 atom stereocenters. The van der Waals surface area contributed by atoms with E-state index in [9.17, 15) is 13.2 Å². The summed E-state index contributed by atoms with van der Waals surface area (Å²) in [7, 11) is -3.77. The highest BCUT2D eigenvalue weighted by atomic mass is 32.2. The lowest BCUT2D eigenvalue weighted by Crippen LogP contribution is -2.43. The average molecular weight is 429 g/mol. The number of rotatable bonds is 5. The van der Waals surface area contributed by atoms with Crippen LogP contribution in [0.25, 0.3) is 10.8 Å². The lowest BCUT2D eigenvalue weighted by atomic mass is 10.00. The number of hydrogen-bond acceptors (Lipinski definition) is 6. The van der Waals surface area contributed by atoms with E-state index in [1.54, 1.807) is 13.8 Å². The van der Waals surface area contributed by atoms with Crippen LogP contribution >= 0.6 is 0 Å². The molecule has 0 spiro atoms. The molecular weight excluding hydrogens is 404 g/mol. The Balaban J connectivity index is 1.46. The van der Waals surface area contributed by atoms with Crippen LogP contribution in [0.15, 0.2) is 51.9 Å². The number of esters is 1. The van der Waals surface area contributed by atoms with Gasteiger partial charge in [0.05, 0.1) is 5.92 Å². The number of aromatic nitrogens is 1. The number of sulfonamides is 1. The van der Waals surface area contributed by atoms with Crippen LogP contribution in [0, 0.1) is 19.8 Å². The number of piperidine rings is 1. The van der Waals surface area contributed by atoms with E-state index in [0.29, 0.717) is 25.1 Å². The molecule has 0 N–H and O–H groups in total. The molecule has 0 saturated carbocycles. The predicted molar refractivity (Wildman–Crippen MR) is 111 cm³/mol. The summed E-state index contributed by atoms with van der Waals surface area (Å²) in [6, 6.07) is 13.8. The smallest absolute Gasteiger partial charge is 0.310 e. The van der Waals surface area contributed by atoms with Gasteiger partial charge in [0.1, 0.15) is 17.2 Å². The summed E-state index contributed by atoms with van der Waals surface area (Å²) in [6.07, 6.45) is 1.19. The third-order valence-corrected chi connectivity index (χ3v) is 7.64. The van der Waals surface area contributed by atoms with Crippen molar-refractivity contribution in [2.75, 3.05) is 13.1 Å². The van der Waals surface area contributed by atoms with Crippen molar-refractivity contribution in [3.05, 3.63) is 59.5 Å². The molecule has 158 valence electrons. The summed E-state index contributed by atoms with van der Waals surface area (Å²) < 4.78 is 38.1. The Morgan fingerprint density at radius 1 is 1.20 bits per heavy atom. The predicted octanol–water partition coefficient (Wildman–Crippen LogP) is 3.59. The van der Waals surface area contributed by atoms with Crippen molar-refractivity contribution < 1.29 is 22.5 Å². The topological polar surface area (TPSA) is 89.7 Å². The highest BCUT2D eigenvalue weighted by Gasteiger charge is 2.37. The number of carbonyl (C=O) groups is 1. The maximum atomic E-state index is 13.1. The monoisotopic (exact) mass is 428 g/mol. The van der Waals surface area contributed by atoms with Crippen molar-refractivity contribution in [1.82, 2.24) is 9.46 Å². The maximum Gasteiger partial charge on any atom is 0.310 e. The average Bonchev–Trinajstić information content (AvgIpc) is 3.10. The number of carbonyl (C=O) groups excluding carboxylic acids is 1. The second-order valence-electron chi connectivity index (χ2n) is 7.60. The molecular formula is C22H24N2O5S. The summed E-state index contributed by atoms with van der Waals surface area (Å²) in [5.74, 6) is -0.612. The first-order valence-corrected chi connectivity index (χ1v) is 11.4. The van der Waals surface area contributed by atoms with E-state index in [4.69, 9.17) is 9.26 Å². The molecule has 3 aromatic rings. The first-order valence-electron chi connectivity index (χ1n) is 9.94. The van der Waals surface area contributed by atoms with Gasteiger partial charge < -0.3 is 9.26 Å². The molecule has 1 unspecified atom stereocenters. The minimum absolute atomic E-state index is 0.0901. The van der Waals surface area contributed by atoms with E-state index in [-0.39, 0.29) is 29.8 Å². The second-order valence-corrected chi connectivity index (χ2v) is 9.48. The molecule has 1 aromatic heterocycles. The number of benzene rings is 2. The molecule has 30 heavy (non-hydrogen) atoms. The Kier molecular flexibility index (Phi) is 5.62. The van der Waals surface area contributed by atoms with E-state index >= 15 is 0 Å². The van der Waals surface area contributed by atoms with Crippen molar-refractivity contribution in [2.45, 2.75) is 38.2 Å². The van der Waals surface area contributed by atoms with E-state index in [0.717, 1.165) is 16.3 Å². The lowest BCUT2D eigenvalue weighted by Gasteiger charge is -2.30. The van der Waals surface area contributed by atoms with Crippen LogP contribution in [0.3, 0.4) is 0 Å². The summed E-state index contributed by atoms with van der Waals surface area (Å²) >= 11 is 0. The summed E-state index contributed by atoms with van der Waals surface area (Å²) in [5, 5.41) is 5.87. The molecule has 0 aliphatic carbocycles. The molecule has 4 rings (SSSR count). The molecule has 0 bridgehead atoms. The third-order valence-electron chi connectivity index (χ3n) is 5.53. The van der Waals surface area contributed by atoms with Gasteiger partial charge in [-0.15, -0.1) is 0 Å². The SMILES string of the molecule is Cc1noc(C)c1S(=O)(=O)N1CCCC(C(=O)OCc2cccc3ccccc23)C1. The van der Waals surface area contributed by atoms with Crippen LogP contribution in [0.1, 0.15) is 29.9 Å². The molecule has 1 saturated heterocycles. The van der Waals surface area contributed by atoms with Gasteiger partial charge in [0, 0.05) is 13.1 Å². The van der Waals surface area contributed by atoms with Crippen LogP contribution in [-0.4, -0.2) is 36.9 Å². The normalized spacial score (nSPS) is 17.9. The number of fused-ring (bicyclic) bond motifs is 1. The molecule has 0 radical (unpaired) electrons. The van der Waals surface area contributed by atoms with Gasteiger partial charge in [-0.2, -0.15) is 4.31 Å². The van der Waals surface area contributed by atoms with E-state index < -0.39 is 15.9 Å². The molecule has 1 fully saturated rings. The number of nitrogens with zero attached hydrogens (tertiary/aromatic N) is 2. The highest BCUT2D eigenvalue weighted by Crippen LogP contribution is 2.28. The molecule has 7 nitrogen and oxygen atoms in total. The van der Waals surface area contributed by atoms with Crippen LogP contribution in [0.2, 0.25) is 0 Å². The Labute approximate surface area is 175 Å². The first-order chi connectivity index (χ1) is 14.4. The van der Waals surface area contributed by atoms with E-state index in [2.05, 4.69) is 5.16 Å². The van der Waals surface area contributed by atoms with Gasteiger partial charge in [-0.1, -0.05) is 47.6 Å². The van der Waals surface area contributed by atoms with Crippen molar-refractivity contribution in [3.8, 4) is 0 Å². The Hall–Kier alpha value is -2.71. The van der Waals surface area contributed by atoms with E-state index in [1.165, 1.54) is 4.31 Å². The number of hydrogen-bond donors (Lipinski definition) is 0. The first kappa shape index (κ1) is 20.6. The molecule has 2 heterocycles. The van der Waals surface area contributed by atoms with Crippen molar-refractivity contribution in [3.63, 3.8) is 0 Å². The lowest BCUT2D eigenvalue weighted by molar-refractivity contribution is -0.151. The maximum absolute atomic E-state index is 13.1. The highest BCUT2D eigenvalue weighted by molar-refractivity contribution is 7.89. The van der Waals surface area contributed by atoms with Crippen LogP contribution < -0.4 is 0 Å². The van der Waals surface area contributed by atoms with Crippen LogP contribution in [-0.2, 0) is 26.2 Å². The zero-order valence-electron chi connectivity index (χ0n) is 17.0. The Morgan fingerprint density at radius 2 is 1.97 bits per heavy atom. The summed E-state index contributed by atoms with van der Waals surface area (Å²) in [5.41, 5.74) is 1.26. The second kappa shape index (κ2) is 8.20. The van der Waals surface area contributed by atoms with Crippen molar-refractivity contribution in [2.24, 2.45) is 5.92 Å². The largest absolute Gasteiger partial charge is 0.461 e. The fraction of sp³-hybridized carbons (Fsp3) is 0.364. The van der Waals surface area contributed by atoms with Gasteiger partial charge in [-0.3, -0.25) is 4.79 Å². The van der Waals surface area contributed by atoms with Gasteiger partial charge in [-0.05, 0) is 43.0 Å². The molecule has 1 aliphatic heterocycles. The zero-order valence-corrected chi connectivity index (χ0v) is 17.8. The van der Waals surface area contributed by atoms with E-state index in [1.807, 2.05) is 42.5 Å². The Bertz CT molecular complexity index is 1160. The standard InChI is InChI=1S/C22H24N2O5S/c1-15-21(16(2)29-23-15)30(26,27)24-12-6-10-18(13-24)22(25)28-14-19-9-5-8-17-7-3-4-11-20(17)19/h3-5,7-9,11,18H,6,10,12-14H2,1-2H3. The van der Waals surface area contributed by atoms with Gasteiger partial charge in [0.15, 0.2) is 5.76 Å². The molecule has 0 amide bonds. The van der Waals surface area contributed by atoms with Gasteiger partial charge in [0.2, 0.25) is 10.0 Å². The molecule has 8 heteroatoms. The van der Waals surface area contributed by atoms with Crippen molar-refractivity contribution >= 4 is 26.8 Å². The van der Waals surface area contributed by atoms with Crippen LogP contribution in [0.4, 0.5) is 0 Å². The van der Waals surface area contributed by atoms with Crippen LogP contribution in [0.5, 0.6) is 0 Å². The quantitative estimate of drug-likeness (QED) is 0.577. The fourth-order valence-electron chi connectivity index (χ4n) is 4.01. The number of ether oxygens (including phenoxy) is 1. The van der Waals surface area contributed by atoms with Crippen molar-refractivity contribution in [1.29, 1.82) is 0 Å². The van der Waals surface area contributed by atoms with Gasteiger partial charge in [-0.25, -0.2) is 8.42 Å². The zero-order chi connectivity index (χ0) is 21.3. The Morgan fingerprint density at radius 3 is 2.73 bits per heavy atom. The summed E-state index contributed by atoms with van der Waals surface area (Å²) in [6.45, 7) is 3.80. The minimum atomic E-state index is -3.77. The summed E-state index contributed by atoms with van der Waals surface area (Å²) in [4.78, 5) is 12.8. The van der Waals surface area contributed by atoms with Gasteiger partial charge in [0.25, 0.3) is 0 Å². The molecule has 2 aromatic carbocycles. The van der Waals surface area contributed by atoms with Gasteiger partial charge >= 0.3 is 5.97 Å². The minimum Gasteiger partial charge on any atom is -0.461 e. The molecule has 1 aliphatic rings. The fourth-order valence-corrected chi connectivity index (χ4v) is 5.83. The number of aryl methyl sites for hydroxylation is 2. The third kappa shape index (κ3) is 3.85.